The monoisotopic (exact) mass is 198 g/mol. The first-order valence-corrected chi connectivity index (χ1v) is 4.91. The van der Waals surface area contributed by atoms with E-state index in [9.17, 15) is 0 Å². The van der Waals surface area contributed by atoms with Gasteiger partial charge in [-0.2, -0.15) is 5.26 Å². The molecule has 0 heterocycles. The zero-order chi connectivity index (χ0) is 10.2. The fourth-order valence-corrected chi connectivity index (χ4v) is 1.39. The van der Waals surface area contributed by atoms with E-state index in [1.54, 1.807) is 0 Å². The van der Waals surface area contributed by atoms with Crippen molar-refractivity contribution in [3.63, 3.8) is 0 Å². The number of isothiocyanates is 1. The van der Waals surface area contributed by atoms with Gasteiger partial charge in [-0.3, -0.25) is 0 Å². The van der Waals surface area contributed by atoms with Crippen LogP contribution in [0.3, 0.4) is 0 Å². The predicted molar refractivity (Wildman–Crippen MR) is 56.6 cm³/mol. The Morgan fingerprint density at radius 3 is 2.38 bits per heavy atom. The van der Waals surface area contributed by atoms with Gasteiger partial charge in [0.2, 0.25) is 0 Å². The lowest BCUT2D eigenvalue weighted by Crippen LogP contribution is -2.49. The minimum Gasteiger partial charge on any atom is -0.311 e. The lowest BCUT2D eigenvalue weighted by atomic mass is 10.3. The van der Waals surface area contributed by atoms with Gasteiger partial charge in [0, 0.05) is 0 Å². The molecular formula is C9H16N3S+. The van der Waals surface area contributed by atoms with E-state index in [0.717, 1.165) is 24.1 Å². The van der Waals surface area contributed by atoms with Crippen LogP contribution in [0.15, 0.2) is 4.99 Å². The SMILES string of the molecule is CC[N+](CC)(CC#N)CCN=C=S. The minimum atomic E-state index is 0.556. The first-order chi connectivity index (χ1) is 6.24. The quantitative estimate of drug-likeness (QED) is 0.280. The van der Waals surface area contributed by atoms with Crippen LogP contribution in [-0.4, -0.2) is 42.4 Å². The summed E-state index contributed by atoms with van der Waals surface area (Å²) in [5.41, 5.74) is 0. The van der Waals surface area contributed by atoms with Crippen LogP contribution in [0.5, 0.6) is 0 Å². The van der Waals surface area contributed by atoms with E-state index in [4.69, 9.17) is 5.26 Å². The van der Waals surface area contributed by atoms with Gasteiger partial charge in [0.15, 0.2) is 6.54 Å². The minimum absolute atomic E-state index is 0.556. The van der Waals surface area contributed by atoms with Crippen molar-refractivity contribution in [1.82, 2.24) is 0 Å². The summed E-state index contributed by atoms with van der Waals surface area (Å²) in [5.74, 6) is 0. The molecule has 13 heavy (non-hydrogen) atoms. The summed E-state index contributed by atoms with van der Waals surface area (Å²) >= 11 is 4.49. The molecule has 0 aromatic rings. The van der Waals surface area contributed by atoms with Crippen molar-refractivity contribution in [3.8, 4) is 6.07 Å². The van der Waals surface area contributed by atoms with Crippen molar-refractivity contribution >= 4 is 17.4 Å². The van der Waals surface area contributed by atoms with Crippen LogP contribution in [0.2, 0.25) is 0 Å². The van der Waals surface area contributed by atoms with Gasteiger partial charge in [0.05, 0.1) is 24.8 Å². The second-order valence-corrected chi connectivity index (χ2v) is 3.17. The zero-order valence-corrected chi connectivity index (χ0v) is 9.10. The highest BCUT2D eigenvalue weighted by atomic mass is 32.1. The summed E-state index contributed by atoms with van der Waals surface area (Å²) in [4.78, 5) is 3.87. The van der Waals surface area contributed by atoms with Gasteiger partial charge in [0.1, 0.15) is 12.6 Å². The number of nitriles is 1. The highest BCUT2D eigenvalue weighted by Crippen LogP contribution is 2.04. The van der Waals surface area contributed by atoms with Crippen molar-refractivity contribution in [1.29, 1.82) is 5.26 Å². The molecule has 0 rings (SSSR count). The number of hydrogen-bond acceptors (Lipinski definition) is 3. The highest BCUT2D eigenvalue weighted by molar-refractivity contribution is 7.78. The molecule has 0 aliphatic rings. The normalized spacial score (nSPS) is 10.2. The maximum Gasteiger partial charge on any atom is 0.166 e. The lowest BCUT2D eigenvalue weighted by molar-refractivity contribution is -0.917. The molecule has 0 atom stereocenters. The van der Waals surface area contributed by atoms with Crippen LogP contribution < -0.4 is 0 Å². The summed E-state index contributed by atoms with van der Waals surface area (Å²) in [7, 11) is 0. The highest BCUT2D eigenvalue weighted by Gasteiger charge is 2.21. The number of aliphatic imine (C=N–C) groups is 1. The van der Waals surface area contributed by atoms with Gasteiger partial charge in [-0.15, -0.1) is 0 Å². The summed E-state index contributed by atoms with van der Waals surface area (Å²) in [6.07, 6.45) is 0. The molecular weight excluding hydrogens is 182 g/mol. The predicted octanol–water partition coefficient (Wildman–Crippen LogP) is 1.47. The average Bonchev–Trinajstić information content (AvgIpc) is 2.17. The molecule has 0 unspecified atom stereocenters. The van der Waals surface area contributed by atoms with Crippen LogP contribution in [0.1, 0.15) is 13.8 Å². The maximum atomic E-state index is 8.69. The Kier molecular flexibility index (Phi) is 6.34. The largest absolute Gasteiger partial charge is 0.311 e. The van der Waals surface area contributed by atoms with Crippen molar-refractivity contribution in [2.75, 3.05) is 32.7 Å². The third kappa shape index (κ3) is 4.14. The van der Waals surface area contributed by atoms with Gasteiger partial charge in [0.25, 0.3) is 0 Å². The first-order valence-electron chi connectivity index (χ1n) is 4.50. The van der Waals surface area contributed by atoms with Crippen LogP contribution in [0.25, 0.3) is 0 Å². The van der Waals surface area contributed by atoms with Crippen molar-refractivity contribution < 1.29 is 4.48 Å². The second kappa shape index (κ2) is 6.73. The van der Waals surface area contributed by atoms with E-state index in [2.05, 4.69) is 42.3 Å². The molecule has 0 N–H and O–H groups in total. The van der Waals surface area contributed by atoms with Gasteiger partial charge < -0.3 is 4.48 Å². The number of quaternary nitrogens is 1. The molecule has 0 saturated carbocycles. The summed E-state index contributed by atoms with van der Waals surface area (Å²) < 4.78 is 0.803. The Labute approximate surface area is 85.3 Å². The van der Waals surface area contributed by atoms with Gasteiger partial charge >= 0.3 is 0 Å². The number of likely N-dealkylation sites (N-methyl/N-ethyl adjacent to an activating group) is 1. The Balaban J connectivity index is 4.21. The first kappa shape index (κ1) is 12.2. The number of nitrogens with zero attached hydrogens (tertiary/aromatic N) is 3. The molecule has 0 amide bonds. The smallest absolute Gasteiger partial charge is 0.166 e. The molecule has 0 aromatic carbocycles. The number of rotatable bonds is 6. The van der Waals surface area contributed by atoms with Crippen LogP contribution in [-0.2, 0) is 0 Å². The molecule has 0 saturated heterocycles. The van der Waals surface area contributed by atoms with Crippen molar-refractivity contribution in [2.45, 2.75) is 13.8 Å². The maximum absolute atomic E-state index is 8.69. The molecule has 0 aromatic heterocycles. The molecule has 72 valence electrons. The summed E-state index contributed by atoms with van der Waals surface area (Å²) in [5, 5.41) is 11.0. The van der Waals surface area contributed by atoms with Crippen molar-refractivity contribution in [3.05, 3.63) is 0 Å². The third-order valence-corrected chi connectivity index (χ3v) is 2.63. The molecule has 0 bridgehead atoms. The molecule has 4 heteroatoms. The van der Waals surface area contributed by atoms with E-state index < -0.39 is 0 Å². The Bertz CT molecular complexity index is 222. The molecule has 3 nitrogen and oxygen atoms in total. The molecule has 0 fully saturated rings. The van der Waals surface area contributed by atoms with E-state index in [1.165, 1.54) is 0 Å². The fourth-order valence-electron chi connectivity index (χ4n) is 1.30. The fraction of sp³-hybridized carbons (Fsp3) is 0.778. The van der Waals surface area contributed by atoms with Gasteiger partial charge in [-0.05, 0) is 26.1 Å². The lowest BCUT2D eigenvalue weighted by Gasteiger charge is -2.33. The standard InChI is InChI=1S/C9H16N3S/c1-3-12(4-2,7-5-10)8-6-11-9-13/h3-4,6-8H2,1-2H3/q+1. The molecule has 0 aliphatic heterocycles. The number of thiocarbonyl (C=S) groups is 1. The molecule has 0 radical (unpaired) electrons. The Hall–Kier alpha value is -0.750. The van der Waals surface area contributed by atoms with Crippen LogP contribution in [0.4, 0.5) is 0 Å². The van der Waals surface area contributed by atoms with Gasteiger partial charge in [-0.1, -0.05) is 0 Å². The van der Waals surface area contributed by atoms with E-state index in [1.807, 2.05) is 0 Å². The molecule has 0 aliphatic carbocycles. The van der Waals surface area contributed by atoms with E-state index in [0.29, 0.717) is 13.1 Å². The topological polar surface area (TPSA) is 36.1 Å². The zero-order valence-electron chi connectivity index (χ0n) is 8.29. The van der Waals surface area contributed by atoms with Crippen molar-refractivity contribution in [2.24, 2.45) is 4.99 Å². The summed E-state index contributed by atoms with van der Waals surface area (Å²) in [6, 6.07) is 2.22. The van der Waals surface area contributed by atoms with Crippen LogP contribution >= 0.6 is 12.2 Å². The van der Waals surface area contributed by atoms with E-state index >= 15 is 0 Å². The third-order valence-electron chi connectivity index (χ3n) is 2.50. The second-order valence-electron chi connectivity index (χ2n) is 2.99. The Morgan fingerprint density at radius 2 is 2.00 bits per heavy atom. The Morgan fingerprint density at radius 1 is 1.38 bits per heavy atom. The van der Waals surface area contributed by atoms with Crippen LogP contribution in [0, 0.1) is 11.3 Å². The summed E-state index contributed by atoms with van der Waals surface area (Å²) in [6.45, 7) is 8.24. The molecule has 0 spiro atoms. The number of hydrogen-bond donors (Lipinski definition) is 0. The average molecular weight is 198 g/mol. The van der Waals surface area contributed by atoms with E-state index in [-0.39, 0.29) is 0 Å². The van der Waals surface area contributed by atoms with Gasteiger partial charge in [-0.25, -0.2) is 4.99 Å².